The average Bonchev–Trinajstić information content (AvgIpc) is 3.24. The van der Waals surface area contributed by atoms with Crippen LogP contribution >= 0.6 is 0 Å². The van der Waals surface area contributed by atoms with Crippen LogP contribution in [0.25, 0.3) is 0 Å². The van der Waals surface area contributed by atoms with E-state index in [0.29, 0.717) is 24.5 Å². The summed E-state index contributed by atoms with van der Waals surface area (Å²) in [5.41, 5.74) is 3.30. The van der Waals surface area contributed by atoms with Crippen molar-refractivity contribution in [2.75, 3.05) is 16.8 Å². The highest BCUT2D eigenvalue weighted by Crippen LogP contribution is 2.32. The molecule has 7 nitrogen and oxygen atoms in total. The fourth-order valence-corrected chi connectivity index (χ4v) is 3.62. The van der Waals surface area contributed by atoms with Gasteiger partial charge in [0.05, 0.1) is 5.69 Å². The molecule has 0 radical (unpaired) electrons. The van der Waals surface area contributed by atoms with Crippen LogP contribution in [0.4, 0.5) is 11.5 Å². The van der Waals surface area contributed by atoms with E-state index in [9.17, 15) is 9.59 Å². The summed E-state index contributed by atoms with van der Waals surface area (Å²) in [7, 11) is 1.78. The van der Waals surface area contributed by atoms with E-state index in [4.69, 9.17) is 0 Å². The fourth-order valence-electron chi connectivity index (χ4n) is 3.62. The molecule has 1 atom stereocenters. The van der Waals surface area contributed by atoms with E-state index in [0.717, 1.165) is 16.9 Å². The lowest BCUT2D eigenvalue weighted by Crippen LogP contribution is -2.38. The maximum absolute atomic E-state index is 12.6. The number of aromatic nitrogens is 3. The Hall–Kier alpha value is -3.48. The van der Waals surface area contributed by atoms with Crippen molar-refractivity contribution < 1.29 is 14.3 Å². The Bertz CT molecular complexity index is 1030. The number of benzene rings is 1. The third kappa shape index (κ3) is 3.51. The number of aryl methyl sites for hydroxylation is 2. The molecule has 1 unspecified atom stereocenters. The van der Waals surface area contributed by atoms with E-state index >= 15 is 0 Å². The van der Waals surface area contributed by atoms with Crippen molar-refractivity contribution in [3.8, 4) is 0 Å². The number of H-pyrrole nitrogens is 1. The number of anilines is 2. The molecule has 4 rings (SSSR count). The van der Waals surface area contributed by atoms with Crippen molar-refractivity contribution in [1.29, 1.82) is 0 Å². The highest BCUT2D eigenvalue weighted by molar-refractivity contribution is 6.02. The molecule has 28 heavy (non-hydrogen) atoms. The first-order valence-electron chi connectivity index (χ1n) is 9.19. The van der Waals surface area contributed by atoms with E-state index in [1.807, 2.05) is 25.1 Å². The molecule has 3 heterocycles. The summed E-state index contributed by atoms with van der Waals surface area (Å²) in [5, 5.41) is 5.84. The molecular formula is C21H22N5O2+. The quantitative estimate of drug-likeness (QED) is 0.686. The first-order chi connectivity index (χ1) is 13.5. The molecular weight excluding hydrogens is 354 g/mol. The van der Waals surface area contributed by atoms with Gasteiger partial charge in [-0.05, 0) is 18.6 Å². The summed E-state index contributed by atoms with van der Waals surface area (Å²) in [6, 6.07) is 15.4. The van der Waals surface area contributed by atoms with Gasteiger partial charge in [0.25, 0.3) is 5.69 Å². The molecule has 0 aliphatic carbocycles. The molecule has 1 aromatic carbocycles. The zero-order chi connectivity index (χ0) is 19.7. The number of carbonyl (C=O) groups is 2. The van der Waals surface area contributed by atoms with Gasteiger partial charge >= 0.3 is 5.91 Å². The summed E-state index contributed by atoms with van der Waals surface area (Å²) in [5.74, 6) is 0.399. The number of pyridine rings is 1. The summed E-state index contributed by atoms with van der Waals surface area (Å²) in [4.78, 5) is 31.1. The third-order valence-electron chi connectivity index (χ3n) is 4.98. The Balaban J connectivity index is 1.51. The maximum Gasteiger partial charge on any atom is 0.324 e. The largest absolute Gasteiger partial charge is 0.324 e. The number of hydrogen-bond acceptors (Lipinski definition) is 3. The van der Waals surface area contributed by atoms with Crippen molar-refractivity contribution >= 4 is 23.3 Å². The van der Waals surface area contributed by atoms with Crippen LogP contribution in [0.1, 0.15) is 34.1 Å². The van der Waals surface area contributed by atoms with Crippen molar-refractivity contribution in [3.63, 3.8) is 0 Å². The van der Waals surface area contributed by atoms with Crippen molar-refractivity contribution in [1.82, 2.24) is 10.1 Å². The molecule has 1 saturated heterocycles. The van der Waals surface area contributed by atoms with Gasteiger partial charge in [-0.15, -0.1) is 4.68 Å². The van der Waals surface area contributed by atoms with E-state index in [2.05, 4.69) is 27.5 Å². The molecule has 1 aliphatic rings. The Morgan fingerprint density at radius 2 is 2.04 bits per heavy atom. The number of amides is 2. The molecule has 0 bridgehead atoms. The van der Waals surface area contributed by atoms with Gasteiger partial charge in [0.15, 0.2) is 7.05 Å². The number of aromatic amines is 1. The Labute approximate surface area is 163 Å². The molecule has 2 amide bonds. The lowest BCUT2D eigenvalue weighted by Gasteiger charge is -2.17. The van der Waals surface area contributed by atoms with Gasteiger partial charge < -0.3 is 10.2 Å². The van der Waals surface area contributed by atoms with Gasteiger partial charge in [-0.3, -0.25) is 9.59 Å². The second kappa shape index (κ2) is 7.26. The maximum atomic E-state index is 12.6. The predicted molar refractivity (Wildman–Crippen MR) is 105 cm³/mol. The van der Waals surface area contributed by atoms with Gasteiger partial charge in [0.2, 0.25) is 5.91 Å². The van der Waals surface area contributed by atoms with Crippen LogP contribution in [0.3, 0.4) is 0 Å². The minimum absolute atomic E-state index is 0.0741. The van der Waals surface area contributed by atoms with Crippen molar-refractivity contribution in [2.24, 2.45) is 7.05 Å². The highest BCUT2D eigenvalue weighted by atomic mass is 16.2. The van der Waals surface area contributed by atoms with Crippen LogP contribution in [0.15, 0.2) is 54.7 Å². The predicted octanol–water partition coefficient (Wildman–Crippen LogP) is 2.32. The third-order valence-corrected chi connectivity index (χ3v) is 4.98. The van der Waals surface area contributed by atoms with Gasteiger partial charge in [-0.2, -0.15) is 5.10 Å². The van der Waals surface area contributed by atoms with E-state index < -0.39 is 0 Å². The molecule has 0 spiro atoms. The van der Waals surface area contributed by atoms with E-state index in [-0.39, 0.29) is 17.7 Å². The van der Waals surface area contributed by atoms with Crippen LogP contribution in [0.5, 0.6) is 0 Å². The minimum Gasteiger partial charge on any atom is -0.312 e. The van der Waals surface area contributed by atoms with Crippen molar-refractivity contribution in [3.05, 3.63) is 71.7 Å². The second-order valence-electron chi connectivity index (χ2n) is 7.05. The Morgan fingerprint density at radius 1 is 1.25 bits per heavy atom. The summed E-state index contributed by atoms with van der Waals surface area (Å²) >= 11 is 0. The second-order valence-corrected chi connectivity index (χ2v) is 7.05. The number of rotatable bonds is 4. The molecule has 142 valence electrons. The van der Waals surface area contributed by atoms with Gasteiger partial charge in [-0.1, -0.05) is 30.3 Å². The van der Waals surface area contributed by atoms with E-state index in [1.54, 1.807) is 41.0 Å². The van der Waals surface area contributed by atoms with Crippen LogP contribution in [-0.4, -0.2) is 28.4 Å². The zero-order valence-electron chi connectivity index (χ0n) is 15.8. The van der Waals surface area contributed by atoms with E-state index in [1.165, 1.54) is 0 Å². The normalized spacial score (nSPS) is 16.4. The minimum atomic E-state index is -0.258. The molecule has 2 N–H and O–H groups in total. The number of carbonyl (C=O) groups excluding carboxylic acids is 2. The lowest BCUT2D eigenvalue weighted by molar-refractivity contribution is -0.728. The Kier molecular flexibility index (Phi) is 4.65. The topological polar surface area (TPSA) is 82.0 Å². The molecule has 3 aromatic rings. The van der Waals surface area contributed by atoms with Crippen LogP contribution < -0.4 is 14.9 Å². The number of hydrogen-bond donors (Lipinski definition) is 2. The first-order valence-corrected chi connectivity index (χ1v) is 9.19. The van der Waals surface area contributed by atoms with Crippen LogP contribution in [0, 0.1) is 6.92 Å². The summed E-state index contributed by atoms with van der Waals surface area (Å²) in [6.45, 7) is 2.50. The molecule has 7 heteroatoms. The monoisotopic (exact) mass is 376 g/mol. The average molecular weight is 376 g/mol. The summed E-state index contributed by atoms with van der Waals surface area (Å²) in [6.07, 6.45) is 2.09. The zero-order valence-corrected chi connectivity index (χ0v) is 15.8. The standard InChI is InChI=1S/C21H21N5O2/c1-14-10-18(25(2)24-14)21(28)23-19-12-17(8-9-22-19)26-13-16(11-20(26)27)15-6-4-3-5-7-15/h3-10,12,16H,11,13H2,1-2H3,(H,22,23,28)/p+1. The van der Waals surface area contributed by atoms with Gasteiger partial charge in [0, 0.05) is 42.9 Å². The van der Waals surface area contributed by atoms with Crippen LogP contribution in [0.2, 0.25) is 0 Å². The summed E-state index contributed by atoms with van der Waals surface area (Å²) < 4.78 is 1.66. The first kappa shape index (κ1) is 17.9. The van der Waals surface area contributed by atoms with Gasteiger partial charge in [0.1, 0.15) is 5.82 Å². The van der Waals surface area contributed by atoms with Crippen molar-refractivity contribution in [2.45, 2.75) is 19.3 Å². The fraction of sp³-hybridized carbons (Fsp3) is 0.238. The Morgan fingerprint density at radius 3 is 2.75 bits per heavy atom. The van der Waals surface area contributed by atoms with Gasteiger partial charge in [-0.25, -0.2) is 4.98 Å². The molecule has 0 saturated carbocycles. The number of nitrogens with zero attached hydrogens (tertiary/aromatic N) is 3. The molecule has 2 aromatic heterocycles. The highest BCUT2D eigenvalue weighted by Gasteiger charge is 2.31. The lowest BCUT2D eigenvalue weighted by atomic mass is 9.99. The SMILES string of the molecule is Cc1cc(C(=O)Nc2cc(N3CC(c4ccccc4)CC3=O)ccn2)[n+](C)[nH]1. The molecule has 1 fully saturated rings. The molecule has 1 aliphatic heterocycles. The smallest absolute Gasteiger partial charge is 0.312 e. The number of nitrogens with one attached hydrogen (secondary N) is 2. The van der Waals surface area contributed by atoms with Crippen LogP contribution in [-0.2, 0) is 11.8 Å².